The predicted octanol–water partition coefficient (Wildman–Crippen LogP) is 2.30. The lowest BCUT2D eigenvalue weighted by molar-refractivity contribution is 0.878. The van der Waals surface area contributed by atoms with Crippen molar-refractivity contribution in [1.29, 1.82) is 5.26 Å². The van der Waals surface area contributed by atoms with Gasteiger partial charge >= 0.3 is 0 Å². The summed E-state index contributed by atoms with van der Waals surface area (Å²) in [6.07, 6.45) is 0. The van der Waals surface area contributed by atoms with Crippen LogP contribution in [-0.2, 0) is 0 Å². The number of nitrogens with zero attached hydrogens (tertiary/aromatic N) is 5. The van der Waals surface area contributed by atoms with Crippen LogP contribution in [0.4, 0.5) is 5.69 Å². The molecule has 0 aromatic heterocycles. The molecule has 1 aromatic rings. The Labute approximate surface area is 88.2 Å². The average Bonchev–Trinajstić information content (AvgIpc) is 2.29. The van der Waals surface area contributed by atoms with Gasteiger partial charge in [-0.3, -0.25) is 0 Å². The fraction of sp³-hybridized carbons (Fsp3) is 0.300. The van der Waals surface area contributed by atoms with Gasteiger partial charge in [0.2, 0.25) is 0 Å². The molecule has 0 aliphatic heterocycles. The quantitative estimate of drug-likeness (QED) is 0.425. The van der Waals surface area contributed by atoms with Gasteiger partial charge < -0.3 is 4.90 Å². The van der Waals surface area contributed by atoms with E-state index in [1.165, 1.54) is 0 Å². The maximum Gasteiger partial charge on any atom is 0.101 e. The number of rotatable bonds is 4. The summed E-state index contributed by atoms with van der Waals surface area (Å²) in [5.74, 6) is 0. The van der Waals surface area contributed by atoms with Crippen molar-refractivity contribution in [3.8, 4) is 6.07 Å². The Morgan fingerprint density at radius 3 is 2.93 bits per heavy atom. The number of hydrogen-bond donors (Lipinski definition) is 0. The highest BCUT2D eigenvalue weighted by atomic mass is 15.2. The van der Waals surface area contributed by atoms with Crippen molar-refractivity contribution < 1.29 is 0 Å². The highest BCUT2D eigenvalue weighted by molar-refractivity contribution is 5.58. The van der Waals surface area contributed by atoms with E-state index in [0.29, 0.717) is 18.7 Å². The summed E-state index contributed by atoms with van der Waals surface area (Å²) < 4.78 is 0. The van der Waals surface area contributed by atoms with Crippen LogP contribution in [0.15, 0.2) is 29.4 Å². The number of hydrogen-bond acceptors (Lipinski definition) is 3. The summed E-state index contributed by atoms with van der Waals surface area (Å²) in [6.45, 7) is 0.996. The maximum atomic E-state index is 8.88. The Hall–Kier alpha value is -2.18. The summed E-state index contributed by atoms with van der Waals surface area (Å²) in [7, 11) is 1.86. The third kappa shape index (κ3) is 2.90. The summed E-state index contributed by atoms with van der Waals surface area (Å²) in [5, 5.41) is 12.3. The zero-order valence-corrected chi connectivity index (χ0v) is 8.46. The minimum Gasteiger partial charge on any atom is -0.373 e. The SMILES string of the molecule is CN(CCN=[N+]=[N-])c1ccccc1C#N. The lowest BCUT2D eigenvalue weighted by Crippen LogP contribution is -2.21. The minimum atomic E-state index is 0.396. The van der Waals surface area contributed by atoms with Crippen molar-refractivity contribution in [2.75, 3.05) is 25.0 Å². The largest absolute Gasteiger partial charge is 0.373 e. The number of nitriles is 1. The van der Waals surface area contributed by atoms with E-state index in [9.17, 15) is 0 Å². The zero-order valence-electron chi connectivity index (χ0n) is 8.46. The summed E-state index contributed by atoms with van der Waals surface area (Å²) in [4.78, 5) is 4.57. The van der Waals surface area contributed by atoms with Crippen LogP contribution in [0.3, 0.4) is 0 Å². The topological polar surface area (TPSA) is 75.8 Å². The molecule has 0 radical (unpaired) electrons. The van der Waals surface area contributed by atoms with E-state index in [2.05, 4.69) is 16.1 Å². The van der Waals surface area contributed by atoms with E-state index in [1.54, 1.807) is 6.07 Å². The van der Waals surface area contributed by atoms with Gasteiger partial charge in [-0.1, -0.05) is 17.2 Å². The predicted molar refractivity (Wildman–Crippen MR) is 58.4 cm³/mol. The van der Waals surface area contributed by atoms with Crippen molar-refractivity contribution in [2.45, 2.75) is 0 Å². The van der Waals surface area contributed by atoms with Crippen LogP contribution in [0.25, 0.3) is 10.4 Å². The molecule has 0 amide bonds. The van der Waals surface area contributed by atoms with Crippen LogP contribution in [0, 0.1) is 11.3 Å². The van der Waals surface area contributed by atoms with Gasteiger partial charge in [-0.2, -0.15) is 5.26 Å². The molecule has 0 bridgehead atoms. The van der Waals surface area contributed by atoms with Gasteiger partial charge in [-0.15, -0.1) is 0 Å². The molecule has 0 unspecified atom stereocenters. The molecule has 0 fully saturated rings. The van der Waals surface area contributed by atoms with Crippen molar-refractivity contribution in [1.82, 2.24) is 0 Å². The molecule has 1 rings (SSSR count). The molecule has 5 heteroatoms. The van der Waals surface area contributed by atoms with Gasteiger partial charge in [-0.25, -0.2) is 0 Å². The normalized spacial score (nSPS) is 8.80. The lowest BCUT2D eigenvalue weighted by Gasteiger charge is -2.18. The molecule has 0 atom stereocenters. The fourth-order valence-electron chi connectivity index (χ4n) is 1.26. The molecule has 0 spiro atoms. The Balaban J connectivity index is 2.77. The molecule has 15 heavy (non-hydrogen) atoms. The molecule has 0 N–H and O–H groups in total. The van der Waals surface area contributed by atoms with Crippen LogP contribution in [0.5, 0.6) is 0 Å². The van der Waals surface area contributed by atoms with Gasteiger partial charge in [0.25, 0.3) is 0 Å². The first-order valence-corrected chi connectivity index (χ1v) is 4.50. The number of para-hydroxylation sites is 1. The van der Waals surface area contributed by atoms with Crippen molar-refractivity contribution in [3.05, 3.63) is 40.3 Å². The van der Waals surface area contributed by atoms with Crippen LogP contribution >= 0.6 is 0 Å². The first-order valence-electron chi connectivity index (χ1n) is 4.50. The molecule has 0 aliphatic rings. The molecule has 0 saturated carbocycles. The summed E-state index contributed by atoms with van der Waals surface area (Å²) in [6, 6.07) is 9.45. The fourth-order valence-corrected chi connectivity index (χ4v) is 1.26. The van der Waals surface area contributed by atoms with E-state index >= 15 is 0 Å². The van der Waals surface area contributed by atoms with Gasteiger partial charge in [0.15, 0.2) is 0 Å². The molecule has 0 saturated heterocycles. The van der Waals surface area contributed by atoms with E-state index in [0.717, 1.165) is 5.69 Å². The number of azide groups is 1. The average molecular weight is 201 g/mol. The van der Waals surface area contributed by atoms with Crippen LogP contribution in [-0.4, -0.2) is 20.1 Å². The molecule has 0 heterocycles. The van der Waals surface area contributed by atoms with Crippen LogP contribution in [0.2, 0.25) is 0 Å². The van der Waals surface area contributed by atoms with Crippen molar-refractivity contribution in [2.24, 2.45) is 5.11 Å². The standard InChI is InChI=1S/C10H11N5/c1-15(7-6-13-14-12)10-5-3-2-4-9(10)8-11/h2-5H,6-7H2,1H3. The first-order chi connectivity index (χ1) is 7.29. The van der Waals surface area contributed by atoms with Crippen molar-refractivity contribution in [3.63, 3.8) is 0 Å². The molecular weight excluding hydrogens is 190 g/mol. The van der Waals surface area contributed by atoms with E-state index < -0.39 is 0 Å². The highest BCUT2D eigenvalue weighted by Crippen LogP contribution is 2.17. The minimum absolute atomic E-state index is 0.396. The van der Waals surface area contributed by atoms with Crippen molar-refractivity contribution >= 4 is 5.69 Å². The van der Waals surface area contributed by atoms with Gasteiger partial charge in [-0.05, 0) is 17.7 Å². The van der Waals surface area contributed by atoms with E-state index in [4.69, 9.17) is 10.8 Å². The van der Waals surface area contributed by atoms with E-state index in [1.807, 2.05) is 30.1 Å². The highest BCUT2D eigenvalue weighted by Gasteiger charge is 2.04. The second-order valence-electron chi connectivity index (χ2n) is 3.00. The second-order valence-corrected chi connectivity index (χ2v) is 3.00. The Bertz CT molecular complexity index is 414. The van der Waals surface area contributed by atoms with Gasteiger partial charge in [0, 0.05) is 25.0 Å². The maximum absolute atomic E-state index is 8.88. The molecule has 0 aliphatic carbocycles. The Kier molecular flexibility index (Phi) is 4.02. The smallest absolute Gasteiger partial charge is 0.101 e. The second kappa shape index (κ2) is 5.53. The monoisotopic (exact) mass is 201 g/mol. The van der Waals surface area contributed by atoms with Gasteiger partial charge in [0.1, 0.15) is 6.07 Å². The first kappa shape index (κ1) is 10.9. The van der Waals surface area contributed by atoms with Crippen LogP contribution < -0.4 is 4.90 Å². The Morgan fingerprint density at radius 2 is 2.27 bits per heavy atom. The third-order valence-electron chi connectivity index (χ3n) is 2.03. The summed E-state index contributed by atoms with van der Waals surface area (Å²) in [5.41, 5.74) is 9.62. The Morgan fingerprint density at radius 1 is 1.53 bits per heavy atom. The number of anilines is 1. The number of benzene rings is 1. The van der Waals surface area contributed by atoms with E-state index in [-0.39, 0.29) is 0 Å². The van der Waals surface area contributed by atoms with Crippen LogP contribution in [0.1, 0.15) is 5.56 Å². The molecule has 76 valence electrons. The third-order valence-corrected chi connectivity index (χ3v) is 2.03. The molecular formula is C10H11N5. The molecule has 1 aromatic carbocycles. The lowest BCUT2D eigenvalue weighted by atomic mass is 10.2. The molecule has 5 nitrogen and oxygen atoms in total. The zero-order chi connectivity index (χ0) is 11.1. The number of likely N-dealkylation sites (N-methyl/N-ethyl adjacent to an activating group) is 1. The summed E-state index contributed by atoms with van der Waals surface area (Å²) >= 11 is 0. The van der Waals surface area contributed by atoms with Gasteiger partial charge in [0.05, 0.1) is 11.3 Å².